The highest BCUT2D eigenvalue weighted by Gasteiger charge is 2.26. The summed E-state index contributed by atoms with van der Waals surface area (Å²) in [4.78, 5) is 12.4. The number of carbonyl (C=O) groups excluding carboxylic acids is 1. The highest BCUT2D eigenvalue weighted by molar-refractivity contribution is 7.89. The van der Waals surface area contributed by atoms with Crippen molar-refractivity contribution in [2.45, 2.75) is 68.0 Å². The molecule has 4 rings (SSSR count). The zero-order valence-corrected chi connectivity index (χ0v) is 20.3. The third-order valence-electron chi connectivity index (χ3n) is 6.48. The zero-order chi connectivity index (χ0) is 24.1. The molecule has 2 aromatic carbocycles. The molecule has 3 N–H and O–H groups in total. The number of hydrazine groups is 1. The van der Waals surface area contributed by atoms with Crippen molar-refractivity contribution in [3.8, 4) is 0 Å². The molecule has 1 heterocycles. The summed E-state index contributed by atoms with van der Waals surface area (Å²) in [5, 5.41) is 2.89. The molecule has 1 aliphatic heterocycles. The molecule has 2 aromatic rings. The van der Waals surface area contributed by atoms with E-state index in [0.29, 0.717) is 18.2 Å². The van der Waals surface area contributed by atoms with Gasteiger partial charge in [-0.2, -0.15) is 0 Å². The molecule has 184 valence electrons. The maximum atomic E-state index is 13.5. The van der Waals surface area contributed by atoms with Crippen LogP contribution in [-0.2, 0) is 10.0 Å². The van der Waals surface area contributed by atoms with Crippen molar-refractivity contribution in [1.29, 1.82) is 0 Å². The van der Waals surface area contributed by atoms with E-state index in [2.05, 4.69) is 16.2 Å². The Morgan fingerprint density at radius 3 is 2.65 bits per heavy atom. The van der Waals surface area contributed by atoms with Gasteiger partial charge in [0.1, 0.15) is 5.82 Å². The minimum atomic E-state index is -3.65. The van der Waals surface area contributed by atoms with E-state index in [-0.39, 0.29) is 28.7 Å². The summed E-state index contributed by atoms with van der Waals surface area (Å²) in [6.45, 7) is 0.420. The molecule has 0 bridgehead atoms. The van der Waals surface area contributed by atoms with Crippen LogP contribution in [0, 0.1) is 5.82 Å². The number of benzene rings is 2. The molecule has 1 aliphatic carbocycles. The van der Waals surface area contributed by atoms with Gasteiger partial charge in [0.05, 0.1) is 4.90 Å². The molecule has 1 amide bonds. The van der Waals surface area contributed by atoms with E-state index >= 15 is 0 Å². The summed E-state index contributed by atoms with van der Waals surface area (Å²) in [5.74, 6) is -0.452. The number of halogens is 1. The molecule has 2 atom stereocenters. The fourth-order valence-corrected chi connectivity index (χ4v) is 5.51. The average Bonchev–Trinajstić information content (AvgIpc) is 3.52. The molecule has 9 heteroatoms. The largest absolute Gasteiger partial charge is 0.349 e. The van der Waals surface area contributed by atoms with E-state index in [0.717, 1.165) is 50.5 Å². The van der Waals surface area contributed by atoms with E-state index in [4.69, 9.17) is 0 Å². The highest BCUT2D eigenvalue weighted by atomic mass is 32.2. The predicted molar refractivity (Wildman–Crippen MR) is 129 cm³/mol. The second-order valence-electron chi connectivity index (χ2n) is 9.28. The highest BCUT2D eigenvalue weighted by Crippen LogP contribution is 2.25. The SMILES string of the molecule is CN(CCCCCC1CC(c2cccc(F)c2)NN1)S(=O)(=O)c1cccc(C(=O)NC2CC2)c1. The molecular weight excluding hydrogens is 455 g/mol. The Bertz CT molecular complexity index is 1110. The first-order chi connectivity index (χ1) is 16.3. The van der Waals surface area contributed by atoms with E-state index in [1.54, 1.807) is 31.3 Å². The Labute approximate surface area is 201 Å². The number of amides is 1. The number of nitrogens with one attached hydrogen (secondary N) is 3. The Morgan fingerprint density at radius 2 is 1.88 bits per heavy atom. The normalized spacial score (nSPS) is 20.6. The van der Waals surface area contributed by atoms with Gasteiger partial charge in [0, 0.05) is 37.3 Å². The lowest BCUT2D eigenvalue weighted by Gasteiger charge is -2.18. The molecule has 7 nitrogen and oxygen atoms in total. The molecule has 0 aromatic heterocycles. The lowest BCUT2D eigenvalue weighted by atomic mass is 9.99. The number of carbonyl (C=O) groups is 1. The predicted octanol–water partition coefficient (Wildman–Crippen LogP) is 3.51. The van der Waals surface area contributed by atoms with Crippen LogP contribution in [0.25, 0.3) is 0 Å². The minimum absolute atomic E-state index is 0.0964. The van der Waals surface area contributed by atoms with Crippen molar-refractivity contribution in [1.82, 2.24) is 20.5 Å². The first-order valence-electron chi connectivity index (χ1n) is 12.0. The van der Waals surface area contributed by atoms with Crippen molar-refractivity contribution in [2.24, 2.45) is 0 Å². The molecule has 1 saturated carbocycles. The summed E-state index contributed by atoms with van der Waals surface area (Å²) in [6, 6.07) is 13.5. The first-order valence-corrected chi connectivity index (χ1v) is 13.4. The van der Waals surface area contributed by atoms with Crippen LogP contribution in [-0.4, -0.2) is 44.3 Å². The van der Waals surface area contributed by atoms with Gasteiger partial charge in [0.15, 0.2) is 0 Å². The number of sulfonamides is 1. The molecule has 2 unspecified atom stereocenters. The van der Waals surface area contributed by atoms with Crippen LogP contribution in [0.4, 0.5) is 4.39 Å². The van der Waals surface area contributed by atoms with Crippen LogP contribution in [0.15, 0.2) is 53.4 Å². The van der Waals surface area contributed by atoms with Crippen molar-refractivity contribution >= 4 is 15.9 Å². The average molecular weight is 489 g/mol. The van der Waals surface area contributed by atoms with E-state index in [1.807, 2.05) is 6.07 Å². The molecule has 34 heavy (non-hydrogen) atoms. The van der Waals surface area contributed by atoms with Crippen molar-refractivity contribution in [3.63, 3.8) is 0 Å². The van der Waals surface area contributed by atoms with Crippen LogP contribution in [0.2, 0.25) is 0 Å². The Kier molecular flexibility index (Phi) is 7.98. The quantitative estimate of drug-likeness (QED) is 0.421. The number of hydrogen-bond donors (Lipinski definition) is 3. The fourth-order valence-electron chi connectivity index (χ4n) is 4.25. The van der Waals surface area contributed by atoms with Gasteiger partial charge in [-0.15, -0.1) is 0 Å². The van der Waals surface area contributed by atoms with Crippen LogP contribution in [0.3, 0.4) is 0 Å². The van der Waals surface area contributed by atoms with Crippen LogP contribution >= 0.6 is 0 Å². The van der Waals surface area contributed by atoms with Crippen LogP contribution in [0.5, 0.6) is 0 Å². The van der Waals surface area contributed by atoms with Gasteiger partial charge in [0.2, 0.25) is 10.0 Å². The fraction of sp³-hybridized carbons (Fsp3) is 0.480. The van der Waals surface area contributed by atoms with Crippen molar-refractivity contribution in [2.75, 3.05) is 13.6 Å². The van der Waals surface area contributed by atoms with Crippen LogP contribution in [0.1, 0.15) is 66.9 Å². The lowest BCUT2D eigenvalue weighted by molar-refractivity contribution is 0.0951. The number of unbranched alkanes of at least 4 members (excludes halogenated alkanes) is 2. The number of nitrogens with zero attached hydrogens (tertiary/aromatic N) is 1. The summed E-state index contributed by atoms with van der Waals surface area (Å²) >= 11 is 0. The Hall–Kier alpha value is -2.33. The maximum Gasteiger partial charge on any atom is 0.251 e. The summed E-state index contributed by atoms with van der Waals surface area (Å²) in [6.07, 6.45) is 6.45. The number of hydrogen-bond acceptors (Lipinski definition) is 5. The van der Waals surface area contributed by atoms with Gasteiger partial charge in [-0.25, -0.2) is 17.1 Å². The standard InChI is InChI=1S/C25H33FN4O3S/c1-30(34(32,33)23-11-6-8-19(16-23)25(31)27-21-12-13-21)14-4-2-3-10-22-17-24(29-28-22)18-7-5-9-20(26)15-18/h5-9,11,15-16,21-22,24,28-29H,2-4,10,12-14,17H2,1H3,(H,27,31). The van der Waals surface area contributed by atoms with Gasteiger partial charge >= 0.3 is 0 Å². The summed E-state index contributed by atoms with van der Waals surface area (Å²) in [5.41, 5.74) is 7.84. The molecule has 1 saturated heterocycles. The summed E-state index contributed by atoms with van der Waals surface area (Å²) < 4.78 is 40.7. The Balaban J connectivity index is 1.19. The van der Waals surface area contributed by atoms with E-state index in [1.165, 1.54) is 22.5 Å². The molecule has 2 aliphatic rings. The monoisotopic (exact) mass is 488 g/mol. The van der Waals surface area contributed by atoms with Gasteiger partial charge in [-0.05, 0) is 68.0 Å². The molecular formula is C25H33FN4O3S. The molecule has 2 fully saturated rings. The lowest BCUT2D eigenvalue weighted by Crippen LogP contribution is -2.31. The first kappa shape index (κ1) is 24.8. The van der Waals surface area contributed by atoms with Crippen molar-refractivity contribution < 1.29 is 17.6 Å². The molecule has 0 spiro atoms. The second-order valence-corrected chi connectivity index (χ2v) is 11.3. The number of rotatable bonds is 11. The molecule has 0 radical (unpaired) electrons. The van der Waals surface area contributed by atoms with Crippen LogP contribution < -0.4 is 16.2 Å². The smallest absolute Gasteiger partial charge is 0.251 e. The third kappa shape index (κ3) is 6.41. The van der Waals surface area contributed by atoms with Gasteiger partial charge in [-0.3, -0.25) is 15.6 Å². The topological polar surface area (TPSA) is 90.5 Å². The second kappa shape index (κ2) is 10.9. The van der Waals surface area contributed by atoms with E-state index in [9.17, 15) is 17.6 Å². The maximum absolute atomic E-state index is 13.5. The van der Waals surface area contributed by atoms with Gasteiger partial charge in [0.25, 0.3) is 5.91 Å². The Morgan fingerprint density at radius 1 is 1.09 bits per heavy atom. The van der Waals surface area contributed by atoms with Gasteiger partial charge in [-0.1, -0.05) is 31.0 Å². The van der Waals surface area contributed by atoms with Crippen molar-refractivity contribution in [3.05, 3.63) is 65.5 Å². The summed E-state index contributed by atoms with van der Waals surface area (Å²) in [7, 11) is -2.07. The minimum Gasteiger partial charge on any atom is -0.349 e. The van der Waals surface area contributed by atoms with Gasteiger partial charge < -0.3 is 5.32 Å². The third-order valence-corrected chi connectivity index (χ3v) is 8.33. The zero-order valence-electron chi connectivity index (χ0n) is 19.5. The van der Waals surface area contributed by atoms with E-state index < -0.39 is 10.0 Å².